The monoisotopic (exact) mass is 253 g/mol. The van der Waals surface area contributed by atoms with E-state index in [9.17, 15) is 4.79 Å². The first-order chi connectivity index (χ1) is 8.17. The SMILES string of the molecule is COC(=O)CCc1csc(N(C)CCC#N)n1. The van der Waals surface area contributed by atoms with E-state index in [-0.39, 0.29) is 5.97 Å². The van der Waals surface area contributed by atoms with Crippen molar-refractivity contribution < 1.29 is 9.53 Å². The number of nitriles is 1. The van der Waals surface area contributed by atoms with Crippen LogP contribution in [0, 0.1) is 11.3 Å². The highest BCUT2D eigenvalue weighted by Gasteiger charge is 2.08. The molecule has 0 unspecified atom stereocenters. The number of hydrogen-bond acceptors (Lipinski definition) is 6. The molecule has 0 aliphatic rings. The second-order valence-corrected chi connectivity index (χ2v) is 4.36. The van der Waals surface area contributed by atoms with Gasteiger partial charge in [0.25, 0.3) is 0 Å². The number of anilines is 1. The number of methoxy groups -OCH3 is 1. The standard InChI is InChI=1S/C11H15N3O2S/c1-14(7-3-6-12)11-13-9(8-17-11)4-5-10(15)16-2/h8H,3-5,7H2,1-2H3. The predicted octanol–water partition coefficient (Wildman–Crippen LogP) is 1.60. The summed E-state index contributed by atoms with van der Waals surface area (Å²) < 4.78 is 4.57. The normalized spacial score (nSPS) is 9.71. The highest BCUT2D eigenvalue weighted by atomic mass is 32.1. The smallest absolute Gasteiger partial charge is 0.305 e. The summed E-state index contributed by atoms with van der Waals surface area (Å²) in [7, 11) is 3.28. The molecular weight excluding hydrogens is 238 g/mol. The second kappa shape index (κ2) is 6.86. The molecule has 1 rings (SSSR count). The summed E-state index contributed by atoms with van der Waals surface area (Å²) in [4.78, 5) is 17.3. The number of thiazole rings is 1. The number of aryl methyl sites for hydroxylation is 1. The van der Waals surface area contributed by atoms with Gasteiger partial charge in [0.1, 0.15) is 0 Å². The van der Waals surface area contributed by atoms with Crippen molar-refractivity contribution in [3.63, 3.8) is 0 Å². The molecule has 5 nitrogen and oxygen atoms in total. The molecule has 1 heterocycles. The molecule has 0 fully saturated rings. The van der Waals surface area contributed by atoms with Gasteiger partial charge in [0.2, 0.25) is 0 Å². The summed E-state index contributed by atoms with van der Waals surface area (Å²) in [6.45, 7) is 0.667. The minimum atomic E-state index is -0.225. The fourth-order valence-electron chi connectivity index (χ4n) is 1.23. The molecule has 0 spiro atoms. The summed E-state index contributed by atoms with van der Waals surface area (Å²) >= 11 is 1.52. The number of esters is 1. The molecule has 0 atom stereocenters. The maximum Gasteiger partial charge on any atom is 0.305 e. The number of ether oxygens (including phenoxy) is 1. The Bertz CT molecular complexity index is 411. The lowest BCUT2D eigenvalue weighted by atomic mass is 10.2. The van der Waals surface area contributed by atoms with Crippen LogP contribution >= 0.6 is 11.3 Å². The third kappa shape index (κ3) is 4.41. The van der Waals surface area contributed by atoms with Gasteiger partial charge in [-0.25, -0.2) is 4.98 Å². The van der Waals surface area contributed by atoms with Crippen LogP contribution < -0.4 is 4.90 Å². The zero-order chi connectivity index (χ0) is 12.7. The first-order valence-corrected chi connectivity index (χ1v) is 6.14. The first-order valence-electron chi connectivity index (χ1n) is 5.26. The van der Waals surface area contributed by atoms with E-state index in [4.69, 9.17) is 5.26 Å². The molecule has 0 N–H and O–H groups in total. The second-order valence-electron chi connectivity index (χ2n) is 3.53. The van der Waals surface area contributed by atoms with E-state index < -0.39 is 0 Å². The van der Waals surface area contributed by atoms with Gasteiger partial charge in [0, 0.05) is 25.4 Å². The molecule has 0 aromatic carbocycles. The van der Waals surface area contributed by atoms with Crippen molar-refractivity contribution in [3.8, 4) is 6.07 Å². The van der Waals surface area contributed by atoms with Crippen LogP contribution in [0.2, 0.25) is 0 Å². The van der Waals surface area contributed by atoms with Gasteiger partial charge >= 0.3 is 5.97 Å². The summed E-state index contributed by atoms with van der Waals surface area (Å²) in [6, 6.07) is 2.10. The van der Waals surface area contributed by atoms with E-state index >= 15 is 0 Å². The van der Waals surface area contributed by atoms with Gasteiger partial charge in [0.15, 0.2) is 5.13 Å². The fraction of sp³-hybridized carbons (Fsp3) is 0.545. The lowest BCUT2D eigenvalue weighted by Crippen LogP contribution is -2.17. The molecule has 0 saturated heterocycles. The van der Waals surface area contributed by atoms with E-state index in [1.165, 1.54) is 18.4 Å². The average molecular weight is 253 g/mol. The summed E-state index contributed by atoms with van der Waals surface area (Å²) in [5.41, 5.74) is 0.888. The van der Waals surface area contributed by atoms with Gasteiger partial charge in [-0.05, 0) is 0 Å². The molecule has 1 aromatic rings. The van der Waals surface area contributed by atoms with Crippen LogP contribution in [0.3, 0.4) is 0 Å². The van der Waals surface area contributed by atoms with Crippen LogP contribution in [0.15, 0.2) is 5.38 Å². The van der Waals surface area contributed by atoms with Gasteiger partial charge < -0.3 is 9.64 Å². The van der Waals surface area contributed by atoms with Crippen molar-refractivity contribution in [2.75, 3.05) is 25.6 Å². The Kier molecular flexibility index (Phi) is 5.43. The van der Waals surface area contributed by atoms with Gasteiger partial charge in [-0.3, -0.25) is 4.79 Å². The Morgan fingerprint density at radius 1 is 1.71 bits per heavy atom. The number of nitrogens with zero attached hydrogens (tertiary/aromatic N) is 3. The van der Waals surface area contributed by atoms with Crippen LogP contribution in [-0.4, -0.2) is 31.7 Å². The largest absolute Gasteiger partial charge is 0.469 e. The van der Waals surface area contributed by atoms with Crippen molar-refractivity contribution in [2.24, 2.45) is 0 Å². The average Bonchev–Trinajstić information content (AvgIpc) is 2.81. The van der Waals surface area contributed by atoms with E-state index in [1.807, 2.05) is 17.3 Å². The van der Waals surface area contributed by atoms with Gasteiger partial charge in [0.05, 0.1) is 31.7 Å². The van der Waals surface area contributed by atoms with Crippen LogP contribution in [0.4, 0.5) is 5.13 Å². The number of hydrogen-bond donors (Lipinski definition) is 0. The summed E-state index contributed by atoms with van der Waals surface area (Å²) in [6.07, 6.45) is 1.42. The van der Waals surface area contributed by atoms with Crippen molar-refractivity contribution in [3.05, 3.63) is 11.1 Å². The van der Waals surface area contributed by atoms with Gasteiger partial charge in [-0.15, -0.1) is 11.3 Å². The molecule has 0 bridgehead atoms. The maximum absolute atomic E-state index is 11.0. The molecule has 0 aliphatic carbocycles. The molecule has 0 radical (unpaired) electrons. The van der Waals surface area contributed by atoms with Crippen molar-refractivity contribution in [1.29, 1.82) is 5.26 Å². The van der Waals surface area contributed by atoms with E-state index in [0.29, 0.717) is 25.8 Å². The van der Waals surface area contributed by atoms with E-state index in [2.05, 4.69) is 15.8 Å². The van der Waals surface area contributed by atoms with E-state index in [0.717, 1.165) is 10.8 Å². The van der Waals surface area contributed by atoms with Crippen LogP contribution in [0.5, 0.6) is 0 Å². The molecule has 0 saturated carbocycles. The summed E-state index contributed by atoms with van der Waals surface area (Å²) in [5.74, 6) is -0.225. The Balaban J connectivity index is 2.47. The van der Waals surface area contributed by atoms with Crippen molar-refractivity contribution in [2.45, 2.75) is 19.3 Å². The third-order valence-corrected chi connectivity index (χ3v) is 3.24. The molecule has 6 heteroatoms. The minimum absolute atomic E-state index is 0.225. The molecule has 0 amide bonds. The quantitative estimate of drug-likeness (QED) is 0.720. The van der Waals surface area contributed by atoms with E-state index in [1.54, 1.807) is 0 Å². The van der Waals surface area contributed by atoms with Crippen LogP contribution in [0.1, 0.15) is 18.5 Å². The van der Waals surface area contributed by atoms with Crippen LogP contribution in [0.25, 0.3) is 0 Å². The Morgan fingerprint density at radius 3 is 3.12 bits per heavy atom. The topological polar surface area (TPSA) is 66.2 Å². The zero-order valence-corrected chi connectivity index (χ0v) is 10.8. The Morgan fingerprint density at radius 2 is 2.47 bits per heavy atom. The van der Waals surface area contributed by atoms with Gasteiger partial charge in [-0.2, -0.15) is 5.26 Å². The number of rotatable bonds is 6. The zero-order valence-electron chi connectivity index (χ0n) is 9.97. The lowest BCUT2D eigenvalue weighted by Gasteiger charge is -2.12. The Hall–Kier alpha value is -1.61. The fourth-order valence-corrected chi connectivity index (χ4v) is 2.09. The molecule has 17 heavy (non-hydrogen) atoms. The molecule has 1 aromatic heterocycles. The maximum atomic E-state index is 11.0. The van der Waals surface area contributed by atoms with Crippen molar-refractivity contribution >= 4 is 22.4 Å². The highest BCUT2D eigenvalue weighted by Crippen LogP contribution is 2.20. The number of carbonyl (C=O) groups excluding carboxylic acids is 1. The predicted molar refractivity (Wildman–Crippen MR) is 66.0 cm³/mol. The number of carbonyl (C=O) groups is 1. The van der Waals surface area contributed by atoms with Crippen molar-refractivity contribution in [1.82, 2.24) is 4.98 Å². The lowest BCUT2D eigenvalue weighted by molar-refractivity contribution is -0.140. The molecule has 0 aliphatic heterocycles. The van der Waals surface area contributed by atoms with Crippen LogP contribution in [-0.2, 0) is 16.0 Å². The third-order valence-electron chi connectivity index (χ3n) is 2.24. The number of aromatic nitrogens is 1. The highest BCUT2D eigenvalue weighted by molar-refractivity contribution is 7.13. The van der Waals surface area contributed by atoms with Gasteiger partial charge in [-0.1, -0.05) is 0 Å². The minimum Gasteiger partial charge on any atom is -0.469 e. The summed E-state index contributed by atoms with van der Waals surface area (Å²) in [5, 5.41) is 11.3. The first kappa shape index (κ1) is 13.5. The Labute approximate surface area is 105 Å². The molecule has 92 valence electrons. The molecular formula is C11H15N3O2S.